The molecule has 1 unspecified atom stereocenters. The molecule has 1 N–H and O–H groups in total. The van der Waals surface area contributed by atoms with Gasteiger partial charge in [0.25, 0.3) is 0 Å². The molecule has 1 saturated heterocycles. The van der Waals surface area contributed by atoms with Crippen LogP contribution in [-0.4, -0.2) is 33.6 Å². The molecule has 88 valence electrons. The molecule has 1 aliphatic rings. The van der Waals surface area contributed by atoms with Gasteiger partial charge in [0.2, 0.25) is 0 Å². The van der Waals surface area contributed by atoms with E-state index in [0.29, 0.717) is 6.54 Å². The average Bonchev–Trinajstić information content (AvgIpc) is 2.28. The van der Waals surface area contributed by atoms with Crippen LogP contribution in [0.2, 0.25) is 0 Å². The van der Waals surface area contributed by atoms with Crippen LogP contribution < -0.4 is 10.1 Å². The molecule has 4 nitrogen and oxygen atoms in total. The lowest BCUT2D eigenvalue weighted by molar-refractivity contribution is 0.414. The smallest absolute Gasteiger partial charge is 0.153 e. The molecular weight excluding hydrogens is 226 g/mol. The van der Waals surface area contributed by atoms with Crippen LogP contribution >= 0.6 is 0 Å². The highest BCUT2D eigenvalue weighted by Gasteiger charge is 2.25. The molecule has 1 aliphatic heterocycles. The molecule has 0 amide bonds. The monoisotopic (exact) mass is 241 g/mol. The Morgan fingerprint density at radius 3 is 2.56 bits per heavy atom. The van der Waals surface area contributed by atoms with Gasteiger partial charge in [0, 0.05) is 12.6 Å². The zero-order valence-corrected chi connectivity index (χ0v) is 9.96. The number of sulfone groups is 1. The van der Waals surface area contributed by atoms with E-state index in [1.165, 1.54) is 0 Å². The van der Waals surface area contributed by atoms with Crippen molar-refractivity contribution in [2.75, 3.05) is 25.2 Å². The molecule has 1 fully saturated rings. The minimum atomic E-state index is -2.89. The maximum Gasteiger partial charge on any atom is 0.153 e. The first kappa shape index (κ1) is 11.4. The van der Waals surface area contributed by atoms with Crippen molar-refractivity contribution in [3.05, 3.63) is 29.8 Å². The van der Waals surface area contributed by atoms with Gasteiger partial charge in [0.1, 0.15) is 5.75 Å². The average molecular weight is 241 g/mol. The summed E-state index contributed by atoms with van der Waals surface area (Å²) >= 11 is 0. The second kappa shape index (κ2) is 4.43. The maximum absolute atomic E-state index is 11.5. The van der Waals surface area contributed by atoms with E-state index in [0.717, 1.165) is 11.3 Å². The zero-order chi connectivity index (χ0) is 11.6. The Bertz CT molecular complexity index is 453. The van der Waals surface area contributed by atoms with Crippen molar-refractivity contribution in [3.8, 4) is 5.75 Å². The van der Waals surface area contributed by atoms with E-state index < -0.39 is 9.84 Å². The minimum Gasteiger partial charge on any atom is -0.497 e. The highest BCUT2D eigenvalue weighted by Crippen LogP contribution is 2.21. The molecule has 0 aromatic heterocycles. The molecule has 0 saturated carbocycles. The van der Waals surface area contributed by atoms with Gasteiger partial charge in [-0.1, -0.05) is 12.1 Å². The Balaban J connectivity index is 2.17. The van der Waals surface area contributed by atoms with Gasteiger partial charge in [0.15, 0.2) is 9.84 Å². The third kappa shape index (κ3) is 2.54. The normalized spacial score (nSPS) is 23.9. The Morgan fingerprint density at radius 1 is 1.31 bits per heavy atom. The van der Waals surface area contributed by atoms with Gasteiger partial charge in [-0.2, -0.15) is 0 Å². The van der Waals surface area contributed by atoms with Gasteiger partial charge >= 0.3 is 0 Å². The van der Waals surface area contributed by atoms with Crippen LogP contribution in [0.4, 0.5) is 0 Å². The number of nitrogens with one attached hydrogen (secondary N) is 1. The van der Waals surface area contributed by atoms with Gasteiger partial charge in [-0.05, 0) is 17.7 Å². The fourth-order valence-corrected chi connectivity index (χ4v) is 3.25. The highest BCUT2D eigenvalue weighted by atomic mass is 32.2. The van der Waals surface area contributed by atoms with Gasteiger partial charge in [0.05, 0.1) is 18.6 Å². The first-order valence-electron chi connectivity index (χ1n) is 5.18. The van der Waals surface area contributed by atoms with Gasteiger partial charge in [-0.3, -0.25) is 0 Å². The van der Waals surface area contributed by atoms with Gasteiger partial charge in [-0.15, -0.1) is 0 Å². The van der Waals surface area contributed by atoms with E-state index in [1.807, 2.05) is 24.3 Å². The van der Waals surface area contributed by atoms with E-state index in [9.17, 15) is 8.42 Å². The highest BCUT2D eigenvalue weighted by molar-refractivity contribution is 7.91. The first-order chi connectivity index (χ1) is 7.61. The minimum absolute atomic E-state index is 0.0929. The Labute approximate surface area is 95.5 Å². The van der Waals surface area contributed by atoms with E-state index in [1.54, 1.807) is 7.11 Å². The molecular formula is C11H15NO3S. The molecule has 1 aromatic carbocycles. The summed E-state index contributed by atoms with van der Waals surface area (Å²) in [4.78, 5) is 0. The quantitative estimate of drug-likeness (QED) is 0.830. The summed E-state index contributed by atoms with van der Waals surface area (Å²) in [5.41, 5.74) is 0.990. The molecule has 16 heavy (non-hydrogen) atoms. The van der Waals surface area contributed by atoms with Crippen LogP contribution in [0.1, 0.15) is 11.6 Å². The molecule has 0 radical (unpaired) electrons. The summed E-state index contributed by atoms with van der Waals surface area (Å²) in [7, 11) is -1.28. The van der Waals surface area contributed by atoms with Crippen LogP contribution in [-0.2, 0) is 9.84 Å². The first-order valence-corrected chi connectivity index (χ1v) is 7.00. The van der Waals surface area contributed by atoms with Crippen molar-refractivity contribution in [3.63, 3.8) is 0 Å². The molecule has 1 atom stereocenters. The summed E-state index contributed by atoms with van der Waals surface area (Å²) in [6.45, 7) is 0.527. The third-order valence-corrected chi connectivity index (χ3v) is 4.41. The topological polar surface area (TPSA) is 55.4 Å². The second-order valence-corrected chi connectivity index (χ2v) is 6.12. The number of hydrogen-bond donors (Lipinski definition) is 1. The SMILES string of the molecule is COc1ccc(C2CS(=O)(=O)CCN2)cc1. The van der Waals surface area contributed by atoms with Crippen LogP contribution in [0, 0.1) is 0 Å². The molecule has 2 rings (SSSR count). The maximum atomic E-state index is 11.5. The summed E-state index contributed by atoms with van der Waals surface area (Å²) in [6.07, 6.45) is 0. The lowest BCUT2D eigenvalue weighted by Crippen LogP contribution is -2.39. The second-order valence-electron chi connectivity index (χ2n) is 3.89. The standard InChI is InChI=1S/C11H15NO3S/c1-15-10-4-2-9(3-5-10)11-8-16(13,14)7-6-12-11/h2-5,11-12H,6-8H2,1H3. The van der Waals surface area contributed by atoms with E-state index in [2.05, 4.69) is 5.32 Å². The van der Waals surface area contributed by atoms with Crippen molar-refractivity contribution in [2.24, 2.45) is 0 Å². The van der Waals surface area contributed by atoms with Crippen LogP contribution in [0.25, 0.3) is 0 Å². The van der Waals surface area contributed by atoms with E-state index in [-0.39, 0.29) is 17.5 Å². The van der Waals surface area contributed by atoms with Gasteiger partial charge < -0.3 is 10.1 Å². The van der Waals surface area contributed by atoms with Crippen molar-refractivity contribution in [1.29, 1.82) is 0 Å². The van der Waals surface area contributed by atoms with Gasteiger partial charge in [-0.25, -0.2) is 8.42 Å². The lowest BCUT2D eigenvalue weighted by atomic mass is 10.1. The van der Waals surface area contributed by atoms with E-state index in [4.69, 9.17) is 4.74 Å². The summed E-state index contributed by atoms with van der Waals surface area (Å²) in [5, 5.41) is 3.21. The summed E-state index contributed by atoms with van der Waals surface area (Å²) in [5.74, 6) is 1.20. The Hall–Kier alpha value is -1.07. The van der Waals surface area contributed by atoms with E-state index >= 15 is 0 Å². The number of methoxy groups -OCH3 is 1. The molecule has 0 aliphatic carbocycles. The number of benzene rings is 1. The van der Waals surface area contributed by atoms with Crippen LogP contribution in [0.15, 0.2) is 24.3 Å². The molecule has 5 heteroatoms. The van der Waals surface area contributed by atoms with Crippen molar-refractivity contribution >= 4 is 9.84 Å². The molecule has 1 aromatic rings. The van der Waals surface area contributed by atoms with Crippen LogP contribution in [0.5, 0.6) is 5.75 Å². The zero-order valence-electron chi connectivity index (χ0n) is 9.14. The predicted molar refractivity (Wildman–Crippen MR) is 62.4 cm³/mol. The molecule has 0 bridgehead atoms. The largest absolute Gasteiger partial charge is 0.497 e. The fourth-order valence-electron chi connectivity index (χ4n) is 1.84. The summed E-state index contributed by atoms with van der Waals surface area (Å²) in [6, 6.07) is 7.40. The molecule has 1 heterocycles. The Morgan fingerprint density at radius 2 is 2.00 bits per heavy atom. The molecule has 0 spiro atoms. The van der Waals surface area contributed by atoms with Crippen molar-refractivity contribution in [2.45, 2.75) is 6.04 Å². The third-order valence-electron chi connectivity index (χ3n) is 2.74. The number of hydrogen-bond acceptors (Lipinski definition) is 4. The number of ether oxygens (including phenoxy) is 1. The van der Waals surface area contributed by atoms with Crippen molar-refractivity contribution in [1.82, 2.24) is 5.32 Å². The van der Waals surface area contributed by atoms with Crippen molar-refractivity contribution < 1.29 is 13.2 Å². The lowest BCUT2D eigenvalue weighted by Gasteiger charge is -2.24. The van der Waals surface area contributed by atoms with Crippen LogP contribution in [0.3, 0.4) is 0 Å². The Kier molecular flexibility index (Phi) is 3.16. The predicted octanol–water partition coefficient (Wildman–Crippen LogP) is 0.754. The number of rotatable bonds is 2. The summed E-state index contributed by atoms with van der Waals surface area (Å²) < 4.78 is 28.0. The fraction of sp³-hybridized carbons (Fsp3) is 0.455.